The van der Waals surface area contributed by atoms with Gasteiger partial charge in [0.1, 0.15) is 0 Å². The molecular formula is C13H14N4O2. The first-order valence-electron chi connectivity index (χ1n) is 6.19. The summed E-state index contributed by atoms with van der Waals surface area (Å²) in [6, 6.07) is 8.11. The number of benzene rings is 1. The third-order valence-corrected chi connectivity index (χ3v) is 3.28. The Labute approximate surface area is 110 Å². The van der Waals surface area contributed by atoms with E-state index in [4.69, 9.17) is 10.3 Å². The number of nitrogens with two attached hydrogens (primary N) is 1. The molecule has 6 heteroatoms. The van der Waals surface area contributed by atoms with Crippen LogP contribution in [0, 0.1) is 0 Å². The minimum atomic E-state index is -0.353. The number of amides is 1. The van der Waals surface area contributed by atoms with Crippen LogP contribution in [0.3, 0.4) is 0 Å². The lowest BCUT2D eigenvalue weighted by Gasteiger charge is -2.11. The van der Waals surface area contributed by atoms with E-state index in [1.165, 1.54) is 5.56 Å². The number of nitrogens with one attached hydrogen (secondary N) is 1. The van der Waals surface area contributed by atoms with E-state index in [1.807, 2.05) is 18.2 Å². The molecule has 1 aromatic carbocycles. The van der Waals surface area contributed by atoms with E-state index in [9.17, 15) is 4.79 Å². The van der Waals surface area contributed by atoms with E-state index in [0.29, 0.717) is 5.82 Å². The second-order valence-electron chi connectivity index (χ2n) is 4.48. The second-order valence-corrected chi connectivity index (χ2v) is 4.48. The highest BCUT2D eigenvalue weighted by Crippen LogP contribution is 2.30. The van der Waals surface area contributed by atoms with Crippen LogP contribution in [0.4, 0.5) is 0 Å². The third-order valence-electron chi connectivity index (χ3n) is 3.28. The summed E-state index contributed by atoms with van der Waals surface area (Å²) in [5.74, 6) is -0.0595. The Bertz CT molecular complexity index is 608. The van der Waals surface area contributed by atoms with Crippen LogP contribution >= 0.6 is 0 Å². The van der Waals surface area contributed by atoms with Crippen LogP contribution in [0.2, 0.25) is 0 Å². The van der Waals surface area contributed by atoms with Gasteiger partial charge in [0, 0.05) is 0 Å². The van der Waals surface area contributed by atoms with Gasteiger partial charge in [-0.3, -0.25) is 4.79 Å². The molecule has 3 rings (SSSR count). The molecule has 0 aliphatic heterocycles. The number of nitrogens with zero attached hydrogens (tertiary/aromatic N) is 2. The van der Waals surface area contributed by atoms with Gasteiger partial charge in [0.05, 0.1) is 12.6 Å². The van der Waals surface area contributed by atoms with Gasteiger partial charge in [-0.25, -0.2) is 0 Å². The summed E-state index contributed by atoms with van der Waals surface area (Å²) in [6.45, 7) is 0.156. The molecular weight excluding hydrogens is 244 g/mol. The van der Waals surface area contributed by atoms with Gasteiger partial charge in [0.2, 0.25) is 0 Å². The zero-order chi connectivity index (χ0) is 13.2. The highest BCUT2D eigenvalue weighted by Gasteiger charge is 2.25. The number of carbonyl (C=O) groups excluding carboxylic acids is 1. The van der Waals surface area contributed by atoms with E-state index in [0.717, 1.165) is 18.4 Å². The Morgan fingerprint density at radius 3 is 3.11 bits per heavy atom. The smallest absolute Gasteiger partial charge is 0.316 e. The topological polar surface area (TPSA) is 94.0 Å². The fourth-order valence-corrected chi connectivity index (χ4v) is 2.36. The van der Waals surface area contributed by atoms with Crippen molar-refractivity contribution in [3.63, 3.8) is 0 Å². The normalized spacial score (nSPS) is 17.2. The minimum Gasteiger partial charge on any atom is -0.341 e. The lowest BCUT2D eigenvalue weighted by molar-refractivity contribution is 0.0892. The van der Waals surface area contributed by atoms with Crippen LogP contribution in [-0.4, -0.2) is 16.0 Å². The average molecular weight is 258 g/mol. The molecule has 1 aliphatic rings. The van der Waals surface area contributed by atoms with Crippen molar-refractivity contribution in [3.05, 3.63) is 47.1 Å². The Morgan fingerprint density at radius 2 is 2.32 bits per heavy atom. The Morgan fingerprint density at radius 1 is 1.47 bits per heavy atom. The summed E-state index contributed by atoms with van der Waals surface area (Å²) in [7, 11) is 0. The molecule has 1 amide bonds. The van der Waals surface area contributed by atoms with Crippen molar-refractivity contribution in [1.29, 1.82) is 0 Å². The molecule has 0 bridgehead atoms. The van der Waals surface area contributed by atoms with Crippen LogP contribution in [0.1, 0.15) is 40.1 Å². The molecule has 0 saturated heterocycles. The first kappa shape index (κ1) is 11.9. The number of carbonyl (C=O) groups is 1. The lowest BCUT2D eigenvalue weighted by Crippen LogP contribution is -2.27. The third kappa shape index (κ3) is 2.22. The van der Waals surface area contributed by atoms with Crippen LogP contribution < -0.4 is 11.1 Å². The van der Waals surface area contributed by atoms with Crippen LogP contribution in [0.25, 0.3) is 0 Å². The molecule has 98 valence electrons. The molecule has 0 radical (unpaired) electrons. The summed E-state index contributed by atoms with van der Waals surface area (Å²) in [4.78, 5) is 15.9. The van der Waals surface area contributed by atoms with Crippen molar-refractivity contribution in [2.45, 2.75) is 25.4 Å². The fourth-order valence-electron chi connectivity index (χ4n) is 2.36. The van der Waals surface area contributed by atoms with Gasteiger partial charge in [0.15, 0.2) is 5.82 Å². The predicted octanol–water partition coefficient (Wildman–Crippen LogP) is 0.946. The van der Waals surface area contributed by atoms with E-state index < -0.39 is 0 Å². The average Bonchev–Trinajstić information content (AvgIpc) is 3.06. The molecule has 3 N–H and O–H groups in total. The molecule has 6 nitrogen and oxygen atoms in total. The summed E-state index contributed by atoms with van der Waals surface area (Å²) in [5, 5.41) is 6.52. The van der Waals surface area contributed by atoms with Crippen molar-refractivity contribution in [1.82, 2.24) is 15.5 Å². The van der Waals surface area contributed by atoms with Crippen molar-refractivity contribution < 1.29 is 9.32 Å². The summed E-state index contributed by atoms with van der Waals surface area (Å²) in [5.41, 5.74) is 7.81. The SMILES string of the molecule is NCc1noc(C(=O)N[C@H]2CCc3ccccc32)n1. The second kappa shape index (κ2) is 4.81. The maximum atomic E-state index is 12.0. The van der Waals surface area contributed by atoms with Gasteiger partial charge in [-0.1, -0.05) is 29.4 Å². The van der Waals surface area contributed by atoms with Crippen molar-refractivity contribution >= 4 is 5.91 Å². The molecule has 1 atom stereocenters. The van der Waals surface area contributed by atoms with Crippen molar-refractivity contribution in [2.75, 3.05) is 0 Å². The molecule has 1 heterocycles. The van der Waals surface area contributed by atoms with Gasteiger partial charge in [-0.05, 0) is 24.0 Å². The summed E-state index contributed by atoms with van der Waals surface area (Å²) < 4.78 is 4.86. The monoisotopic (exact) mass is 258 g/mol. The van der Waals surface area contributed by atoms with E-state index in [1.54, 1.807) is 0 Å². The highest BCUT2D eigenvalue weighted by atomic mass is 16.5. The summed E-state index contributed by atoms with van der Waals surface area (Å²) >= 11 is 0. The van der Waals surface area contributed by atoms with Gasteiger partial charge < -0.3 is 15.6 Å². The first-order chi connectivity index (χ1) is 9.28. The summed E-state index contributed by atoms with van der Waals surface area (Å²) in [6.07, 6.45) is 1.86. The molecule has 0 fully saturated rings. The van der Waals surface area contributed by atoms with E-state index >= 15 is 0 Å². The minimum absolute atomic E-state index is 0.0110. The molecule has 2 aromatic rings. The highest BCUT2D eigenvalue weighted by molar-refractivity contribution is 5.89. The maximum absolute atomic E-state index is 12.0. The number of hydrogen-bond donors (Lipinski definition) is 2. The molecule has 0 saturated carbocycles. The first-order valence-corrected chi connectivity index (χ1v) is 6.19. The van der Waals surface area contributed by atoms with Crippen molar-refractivity contribution in [2.24, 2.45) is 5.73 Å². The molecule has 1 aromatic heterocycles. The van der Waals surface area contributed by atoms with E-state index in [2.05, 4.69) is 21.5 Å². The van der Waals surface area contributed by atoms with Crippen LogP contribution in [0.5, 0.6) is 0 Å². The van der Waals surface area contributed by atoms with Gasteiger partial charge >= 0.3 is 11.8 Å². The van der Waals surface area contributed by atoms with Gasteiger partial charge in [0.25, 0.3) is 0 Å². The fraction of sp³-hybridized carbons (Fsp3) is 0.308. The molecule has 1 aliphatic carbocycles. The molecule has 0 spiro atoms. The largest absolute Gasteiger partial charge is 0.341 e. The zero-order valence-electron chi connectivity index (χ0n) is 10.3. The predicted molar refractivity (Wildman–Crippen MR) is 67.2 cm³/mol. The van der Waals surface area contributed by atoms with Gasteiger partial charge in [-0.2, -0.15) is 4.98 Å². The maximum Gasteiger partial charge on any atom is 0.316 e. The van der Waals surface area contributed by atoms with Crippen molar-refractivity contribution in [3.8, 4) is 0 Å². The number of hydrogen-bond acceptors (Lipinski definition) is 5. The lowest BCUT2D eigenvalue weighted by atomic mass is 10.1. The quantitative estimate of drug-likeness (QED) is 0.854. The number of rotatable bonds is 3. The Kier molecular flexibility index (Phi) is 3.00. The van der Waals surface area contributed by atoms with Crippen LogP contribution in [0.15, 0.2) is 28.8 Å². The van der Waals surface area contributed by atoms with E-state index in [-0.39, 0.29) is 24.4 Å². The molecule has 0 unspecified atom stereocenters. The molecule has 19 heavy (non-hydrogen) atoms. The number of fused-ring (bicyclic) bond motifs is 1. The number of aromatic nitrogens is 2. The van der Waals surface area contributed by atoms with Crippen LogP contribution in [-0.2, 0) is 13.0 Å². The Balaban J connectivity index is 1.74. The van der Waals surface area contributed by atoms with Gasteiger partial charge in [-0.15, -0.1) is 0 Å². The standard InChI is InChI=1S/C13H14N4O2/c14-7-11-16-13(19-17-11)12(18)15-10-6-5-8-3-1-2-4-9(8)10/h1-4,10H,5-7,14H2,(H,15,18)/t10-/m0/s1. The Hall–Kier alpha value is -2.21. The zero-order valence-corrected chi connectivity index (χ0v) is 10.3. The number of aryl methyl sites for hydroxylation is 1.